The van der Waals surface area contributed by atoms with E-state index in [2.05, 4.69) is 4.74 Å². The van der Waals surface area contributed by atoms with Crippen LogP contribution < -0.4 is 5.73 Å². The van der Waals surface area contributed by atoms with Gasteiger partial charge in [-0.1, -0.05) is 0 Å². The Labute approximate surface area is 83.0 Å². The fourth-order valence-corrected chi connectivity index (χ4v) is 1.68. The van der Waals surface area contributed by atoms with E-state index in [-0.39, 0.29) is 11.9 Å². The van der Waals surface area contributed by atoms with Crippen LogP contribution in [0.4, 0.5) is 0 Å². The third kappa shape index (κ3) is 2.55. The van der Waals surface area contributed by atoms with Crippen LogP contribution in [0, 0.1) is 5.92 Å². The summed E-state index contributed by atoms with van der Waals surface area (Å²) in [5.74, 6) is -0.0989. The fraction of sp³-hybridized carbons (Fsp3) is 0.750. The first-order valence-corrected chi connectivity index (χ1v) is 4.68. The van der Waals surface area contributed by atoms with E-state index in [1.165, 1.54) is 7.11 Å². The Morgan fingerprint density at radius 1 is 1.54 bits per heavy atom. The summed E-state index contributed by atoms with van der Waals surface area (Å²) >= 11 is 4.84. The van der Waals surface area contributed by atoms with Crippen LogP contribution >= 0.6 is 12.2 Å². The lowest BCUT2D eigenvalue weighted by Gasteiger charge is -2.30. The smallest absolute Gasteiger partial charge is 0.308 e. The second kappa shape index (κ2) is 4.41. The minimum atomic E-state index is -0.123. The Morgan fingerprint density at radius 2 is 2.08 bits per heavy atom. The Kier molecular flexibility index (Phi) is 3.48. The highest BCUT2D eigenvalue weighted by Crippen LogP contribution is 2.17. The highest BCUT2D eigenvalue weighted by Gasteiger charge is 2.25. The lowest BCUT2D eigenvalue weighted by molar-refractivity contribution is -0.146. The molecule has 0 bridgehead atoms. The average molecular weight is 202 g/mol. The van der Waals surface area contributed by atoms with Crippen LogP contribution in [0.2, 0.25) is 0 Å². The van der Waals surface area contributed by atoms with E-state index in [0.717, 1.165) is 25.9 Å². The topological polar surface area (TPSA) is 55.6 Å². The van der Waals surface area contributed by atoms with E-state index in [1.54, 1.807) is 0 Å². The Morgan fingerprint density at radius 3 is 2.46 bits per heavy atom. The third-order valence-corrected chi connectivity index (χ3v) is 2.60. The van der Waals surface area contributed by atoms with E-state index in [9.17, 15) is 4.79 Å². The molecule has 0 spiro atoms. The molecule has 1 aliphatic heterocycles. The minimum absolute atomic E-state index is 0.0237. The van der Waals surface area contributed by atoms with E-state index in [1.807, 2.05) is 4.90 Å². The van der Waals surface area contributed by atoms with Crippen LogP contribution in [0.25, 0.3) is 0 Å². The monoisotopic (exact) mass is 202 g/mol. The Balaban J connectivity index is 2.39. The van der Waals surface area contributed by atoms with E-state index >= 15 is 0 Å². The molecule has 0 aromatic carbocycles. The van der Waals surface area contributed by atoms with Gasteiger partial charge in [-0.15, -0.1) is 0 Å². The molecule has 0 aromatic rings. The van der Waals surface area contributed by atoms with Crippen molar-refractivity contribution in [1.29, 1.82) is 0 Å². The maximum atomic E-state index is 11.1. The van der Waals surface area contributed by atoms with Gasteiger partial charge < -0.3 is 15.4 Å². The van der Waals surface area contributed by atoms with Gasteiger partial charge in [-0.25, -0.2) is 0 Å². The zero-order chi connectivity index (χ0) is 9.84. The van der Waals surface area contributed by atoms with Crippen molar-refractivity contribution in [3.05, 3.63) is 0 Å². The zero-order valence-corrected chi connectivity index (χ0v) is 8.47. The number of ether oxygens (including phenoxy) is 1. The summed E-state index contributed by atoms with van der Waals surface area (Å²) in [5.41, 5.74) is 5.46. The van der Waals surface area contributed by atoms with Crippen molar-refractivity contribution in [2.45, 2.75) is 12.8 Å². The molecule has 2 N–H and O–H groups in total. The number of likely N-dealkylation sites (tertiary alicyclic amines) is 1. The Hall–Kier alpha value is -0.840. The van der Waals surface area contributed by atoms with Crippen molar-refractivity contribution in [3.63, 3.8) is 0 Å². The molecule has 74 valence electrons. The van der Waals surface area contributed by atoms with Crippen LogP contribution in [0.15, 0.2) is 0 Å². The van der Waals surface area contributed by atoms with Crippen molar-refractivity contribution in [2.75, 3.05) is 20.2 Å². The van der Waals surface area contributed by atoms with Gasteiger partial charge in [-0.3, -0.25) is 4.79 Å². The number of hydrogen-bond acceptors (Lipinski definition) is 3. The van der Waals surface area contributed by atoms with Crippen molar-refractivity contribution in [1.82, 2.24) is 4.90 Å². The zero-order valence-electron chi connectivity index (χ0n) is 7.66. The number of carbonyl (C=O) groups excluding carboxylic acids is 1. The third-order valence-electron chi connectivity index (χ3n) is 2.34. The first kappa shape index (κ1) is 10.2. The van der Waals surface area contributed by atoms with Gasteiger partial charge in [0.2, 0.25) is 0 Å². The van der Waals surface area contributed by atoms with Crippen LogP contribution in [-0.4, -0.2) is 36.2 Å². The fourth-order valence-electron chi connectivity index (χ4n) is 1.50. The Bertz CT molecular complexity index is 212. The molecule has 0 unspecified atom stereocenters. The van der Waals surface area contributed by atoms with E-state index in [4.69, 9.17) is 18.0 Å². The van der Waals surface area contributed by atoms with Gasteiger partial charge in [0, 0.05) is 13.1 Å². The highest BCUT2D eigenvalue weighted by molar-refractivity contribution is 7.80. The van der Waals surface area contributed by atoms with Gasteiger partial charge in [-0.05, 0) is 25.1 Å². The quantitative estimate of drug-likeness (QED) is 0.483. The molecule has 13 heavy (non-hydrogen) atoms. The molecule has 0 saturated carbocycles. The van der Waals surface area contributed by atoms with Gasteiger partial charge in [0.25, 0.3) is 0 Å². The second-order valence-electron chi connectivity index (χ2n) is 3.12. The average Bonchev–Trinajstić information content (AvgIpc) is 2.17. The van der Waals surface area contributed by atoms with E-state index < -0.39 is 0 Å². The predicted molar refractivity (Wildman–Crippen MR) is 53.1 cm³/mol. The molecule has 1 aliphatic rings. The number of nitrogens with two attached hydrogens (primary N) is 1. The minimum Gasteiger partial charge on any atom is -0.469 e. The summed E-state index contributed by atoms with van der Waals surface area (Å²) in [6.45, 7) is 1.52. The maximum Gasteiger partial charge on any atom is 0.308 e. The lowest BCUT2D eigenvalue weighted by Crippen LogP contribution is -2.43. The lowest BCUT2D eigenvalue weighted by atomic mass is 9.97. The molecule has 1 rings (SSSR count). The molecule has 1 heterocycles. The molecule has 1 saturated heterocycles. The molecule has 0 atom stereocenters. The summed E-state index contributed by atoms with van der Waals surface area (Å²) < 4.78 is 4.66. The van der Waals surface area contributed by atoms with Crippen LogP contribution in [0.1, 0.15) is 12.8 Å². The molecule has 1 fully saturated rings. The second-order valence-corrected chi connectivity index (χ2v) is 3.54. The number of hydrogen-bond donors (Lipinski definition) is 1. The van der Waals surface area contributed by atoms with Gasteiger partial charge >= 0.3 is 5.97 Å². The summed E-state index contributed by atoms with van der Waals surface area (Å²) in [7, 11) is 1.42. The van der Waals surface area contributed by atoms with Crippen molar-refractivity contribution < 1.29 is 9.53 Å². The maximum absolute atomic E-state index is 11.1. The SMILES string of the molecule is COC(=O)C1CCN(C(N)=S)CC1. The summed E-state index contributed by atoms with van der Waals surface area (Å²) in [6.07, 6.45) is 1.56. The number of rotatable bonds is 1. The van der Waals surface area contributed by atoms with Gasteiger partial charge in [0.1, 0.15) is 0 Å². The molecule has 0 radical (unpaired) electrons. The molecule has 0 aliphatic carbocycles. The predicted octanol–water partition coefficient (Wildman–Crippen LogP) is 0.115. The summed E-state index contributed by atoms with van der Waals surface area (Å²) in [4.78, 5) is 13.1. The molecule has 0 amide bonds. The largest absolute Gasteiger partial charge is 0.469 e. The molecular weight excluding hydrogens is 188 g/mol. The number of nitrogens with zero attached hydrogens (tertiary/aromatic N) is 1. The molecule has 5 heteroatoms. The number of thiocarbonyl (C=S) groups is 1. The number of carbonyl (C=O) groups is 1. The molecule has 4 nitrogen and oxygen atoms in total. The molecule has 0 aromatic heterocycles. The van der Waals surface area contributed by atoms with Crippen molar-refractivity contribution >= 4 is 23.3 Å². The first-order valence-electron chi connectivity index (χ1n) is 4.27. The normalized spacial score (nSPS) is 18.4. The van der Waals surface area contributed by atoms with E-state index in [0.29, 0.717) is 5.11 Å². The number of piperidine rings is 1. The van der Waals surface area contributed by atoms with Gasteiger partial charge in [-0.2, -0.15) is 0 Å². The van der Waals surface area contributed by atoms with Crippen molar-refractivity contribution in [3.8, 4) is 0 Å². The number of methoxy groups -OCH3 is 1. The van der Waals surface area contributed by atoms with Gasteiger partial charge in [0.15, 0.2) is 5.11 Å². The number of esters is 1. The highest BCUT2D eigenvalue weighted by atomic mass is 32.1. The van der Waals surface area contributed by atoms with Crippen LogP contribution in [-0.2, 0) is 9.53 Å². The van der Waals surface area contributed by atoms with Crippen LogP contribution in [0.3, 0.4) is 0 Å². The summed E-state index contributed by atoms with van der Waals surface area (Å²) in [6, 6.07) is 0. The van der Waals surface area contributed by atoms with Gasteiger partial charge in [0.05, 0.1) is 13.0 Å². The molecular formula is C8H14N2O2S. The summed E-state index contributed by atoms with van der Waals surface area (Å²) in [5, 5.41) is 0.420. The standard InChI is InChI=1S/C8H14N2O2S/c1-12-7(11)6-2-4-10(5-3-6)8(9)13/h6H,2-5H2,1H3,(H2,9,13). The van der Waals surface area contributed by atoms with Crippen LogP contribution in [0.5, 0.6) is 0 Å². The first-order chi connectivity index (χ1) is 6.15. The van der Waals surface area contributed by atoms with Crippen molar-refractivity contribution in [2.24, 2.45) is 11.7 Å².